The van der Waals surface area contributed by atoms with Gasteiger partial charge in [-0.25, -0.2) is 4.98 Å². The minimum absolute atomic E-state index is 0.00388. The summed E-state index contributed by atoms with van der Waals surface area (Å²) in [7, 11) is 1.84. The molecule has 4 heterocycles. The van der Waals surface area contributed by atoms with Crippen LogP contribution in [0.1, 0.15) is 0 Å². The minimum Gasteiger partial charge on any atom is -0.471 e. The normalized spacial score (nSPS) is 13.6. The summed E-state index contributed by atoms with van der Waals surface area (Å²) in [4.78, 5) is 25.1. The molecule has 156 valence electrons. The third kappa shape index (κ3) is 3.92. The maximum atomic E-state index is 5.90. The highest BCUT2D eigenvalue weighted by atomic mass is 16.5. The van der Waals surface area contributed by atoms with Crippen molar-refractivity contribution in [3.8, 4) is 17.5 Å². The van der Waals surface area contributed by atoms with E-state index in [-0.39, 0.29) is 23.7 Å². The molecule has 0 spiro atoms. The van der Waals surface area contributed by atoms with Crippen LogP contribution in [0.3, 0.4) is 0 Å². The zero-order chi connectivity index (χ0) is 21.2. The van der Waals surface area contributed by atoms with Gasteiger partial charge in [-0.3, -0.25) is 0 Å². The van der Waals surface area contributed by atoms with Gasteiger partial charge in [-0.2, -0.15) is 19.9 Å². The first-order valence-electron chi connectivity index (χ1n) is 9.63. The minimum atomic E-state index is 0.00388. The molecule has 0 unspecified atom stereocenters. The van der Waals surface area contributed by atoms with Crippen molar-refractivity contribution in [2.75, 3.05) is 35.7 Å². The quantitative estimate of drug-likeness (QED) is 0.493. The Morgan fingerprint density at radius 1 is 1.00 bits per heavy atom. The first-order chi connectivity index (χ1) is 15.2. The van der Waals surface area contributed by atoms with Gasteiger partial charge in [0.05, 0.1) is 13.1 Å². The van der Waals surface area contributed by atoms with E-state index in [4.69, 9.17) is 15.0 Å². The monoisotopic (exact) mass is 417 g/mol. The lowest BCUT2D eigenvalue weighted by molar-refractivity contribution is 0.154. The molecular formula is C20H19N9O2. The number of nitrogens with zero attached hydrogens (tertiary/aromatic N) is 8. The Hall–Kier alpha value is -4.28. The predicted octanol–water partition coefficient (Wildman–Crippen LogP) is 1.93. The van der Waals surface area contributed by atoms with E-state index in [0.717, 1.165) is 5.69 Å². The van der Waals surface area contributed by atoms with Gasteiger partial charge in [-0.15, -0.1) is 0 Å². The Kier molecular flexibility index (Phi) is 4.75. The number of nitrogens with two attached hydrogens (primary N) is 1. The Morgan fingerprint density at radius 3 is 2.58 bits per heavy atom. The van der Waals surface area contributed by atoms with Gasteiger partial charge in [0, 0.05) is 25.0 Å². The van der Waals surface area contributed by atoms with Crippen molar-refractivity contribution in [2.24, 2.45) is 0 Å². The summed E-state index contributed by atoms with van der Waals surface area (Å²) in [6, 6.07) is 15.6. The van der Waals surface area contributed by atoms with E-state index in [1.54, 1.807) is 11.1 Å². The maximum Gasteiger partial charge on any atom is 0.324 e. The van der Waals surface area contributed by atoms with Gasteiger partial charge in [-0.05, 0) is 18.2 Å². The summed E-state index contributed by atoms with van der Waals surface area (Å²) in [6.45, 7) is 1.22. The summed E-state index contributed by atoms with van der Waals surface area (Å²) >= 11 is 0. The first kappa shape index (κ1) is 18.7. The number of para-hydroxylation sites is 1. The lowest BCUT2D eigenvalue weighted by Gasteiger charge is -2.36. The van der Waals surface area contributed by atoms with Crippen LogP contribution in [0.2, 0.25) is 0 Å². The molecular weight excluding hydrogens is 398 g/mol. The second-order valence-corrected chi connectivity index (χ2v) is 6.93. The van der Waals surface area contributed by atoms with Crippen LogP contribution in [0.15, 0.2) is 59.3 Å². The van der Waals surface area contributed by atoms with Crippen molar-refractivity contribution in [3.05, 3.63) is 54.7 Å². The highest BCUT2D eigenvalue weighted by Gasteiger charge is 2.33. The van der Waals surface area contributed by atoms with E-state index in [2.05, 4.69) is 30.1 Å². The van der Waals surface area contributed by atoms with Crippen molar-refractivity contribution in [1.29, 1.82) is 0 Å². The van der Waals surface area contributed by atoms with Gasteiger partial charge in [0.25, 0.3) is 0 Å². The first-order valence-corrected chi connectivity index (χ1v) is 9.63. The molecule has 1 fully saturated rings. The molecule has 11 heteroatoms. The Morgan fingerprint density at radius 2 is 1.81 bits per heavy atom. The largest absolute Gasteiger partial charge is 0.471 e. The van der Waals surface area contributed by atoms with Gasteiger partial charge in [-0.1, -0.05) is 29.4 Å². The van der Waals surface area contributed by atoms with Crippen LogP contribution in [0.25, 0.3) is 11.6 Å². The second kappa shape index (κ2) is 7.86. The number of nitrogen functional groups attached to an aromatic ring is 1. The number of pyridine rings is 1. The summed E-state index contributed by atoms with van der Waals surface area (Å²) in [5.74, 6) is 1.52. The number of hydrogen-bond donors (Lipinski definition) is 1. The smallest absolute Gasteiger partial charge is 0.324 e. The molecule has 1 aromatic carbocycles. The molecule has 0 radical (unpaired) electrons. The molecule has 1 aliphatic heterocycles. The molecule has 2 N–H and O–H groups in total. The van der Waals surface area contributed by atoms with E-state index in [1.165, 1.54) is 0 Å². The van der Waals surface area contributed by atoms with Crippen molar-refractivity contribution in [2.45, 2.75) is 6.10 Å². The van der Waals surface area contributed by atoms with Crippen LogP contribution in [-0.4, -0.2) is 56.3 Å². The van der Waals surface area contributed by atoms with Gasteiger partial charge in [0.15, 0.2) is 0 Å². The number of aromatic nitrogens is 6. The Bertz CT molecular complexity index is 1160. The molecule has 3 aromatic heterocycles. The third-order valence-electron chi connectivity index (χ3n) is 4.74. The molecule has 0 atom stereocenters. The number of rotatable bonds is 6. The molecule has 0 bridgehead atoms. The number of ether oxygens (including phenoxy) is 1. The lowest BCUT2D eigenvalue weighted by Crippen LogP contribution is -2.54. The summed E-state index contributed by atoms with van der Waals surface area (Å²) in [5.41, 5.74) is 6.81. The van der Waals surface area contributed by atoms with Gasteiger partial charge >= 0.3 is 6.01 Å². The summed E-state index contributed by atoms with van der Waals surface area (Å²) in [6.07, 6.45) is 1.70. The third-order valence-corrected chi connectivity index (χ3v) is 4.74. The number of hydrogen-bond acceptors (Lipinski definition) is 11. The highest BCUT2D eigenvalue weighted by Crippen LogP contribution is 2.26. The van der Waals surface area contributed by atoms with E-state index in [9.17, 15) is 0 Å². The molecule has 0 amide bonds. The van der Waals surface area contributed by atoms with Gasteiger partial charge in [0.1, 0.15) is 6.10 Å². The maximum absolute atomic E-state index is 5.90. The van der Waals surface area contributed by atoms with Crippen molar-refractivity contribution in [3.63, 3.8) is 0 Å². The highest BCUT2D eigenvalue weighted by molar-refractivity contribution is 5.59. The fourth-order valence-electron chi connectivity index (χ4n) is 3.09. The molecule has 11 nitrogen and oxygen atoms in total. The molecule has 5 rings (SSSR count). The van der Waals surface area contributed by atoms with Crippen LogP contribution in [0, 0.1) is 0 Å². The fourth-order valence-corrected chi connectivity index (χ4v) is 3.09. The van der Waals surface area contributed by atoms with Crippen LogP contribution < -0.4 is 20.3 Å². The Labute approximate surface area is 177 Å². The molecule has 1 aliphatic rings. The van der Waals surface area contributed by atoms with Crippen LogP contribution in [0.5, 0.6) is 5.88 Å². The van der Waals surface area contributed by atoms with E-state index in [1.807, 2.05) is 60.5 Å². The van der Waals surface area contributed by atoms with Crippen molar-refractivity contribution in [1.82, 2.24) is 30.1 Å². The molecule has 31 heavy (non-hydrogen) atoms. The lowest BCUT2D eigenvalue weighted by atomic mass is 10.2. The number of benzene rings is 1. The van der Waals surface area contributed by atoms with Crippen LogP contribution in [-0.2, 0) is 0 Å². The average Bonchev–Trinajstić information content (AvgIpc) is 3.26. The van der Waals surface area contributed by atoms with Crippen molar-refractivity contribution >= 4 is 23.6 Å². The predicted molar refractivity (Wildman–Crippen MR) is 113 cm³/mol. The zero-order valence-corrected chi connectivity index (χ0v) is 16.7. The zero-order valence-electron chi connectivity index (χ0n) is 16.7. The van der Waals surface area contributed by atoms with Gasteiger partial charge < -0.3 is 24.8 Å². The molecule has 0 saturated carbocycles. The van der Waals surface area contributed by atoms with E-state index in [0.29, 0.717) is 30.9 Å². The average molecular weight is 417 g/mol. The van der Waals surface area contributed by atoms with E-state index >= 15 is 0 Å². The standard InChI is InChI=1S/C20H19N9O2/c1-28(13-7-3-2-4-8-13)19-24-16(23-18(21)26-19)17-25-20(31-27-17)29-11-14(12-29)30-15-9-5-6-10-22-15/h2-10,14H,11-12H2,1H3,(H2,21,23,24,26). The summed E-state index contributed by atoms with van der Waals surface area (Å²) in [5, 5.41) is 4.00. The SMILES string of the molecule is CN(c1ccccc1)c1nc(N)nc(-c2noc(N3CC(Oc4ccccn4)C3)n2)n1. The van der Waals surface area contributed by atoms with E-state index < -0.39 is 0 Å². The molecule has 1 saturated heterocycles. The topological polar surface area (TPSA) is 132 Å². The fraction of sp³-hybridized carbons (Fsp3) is 0.200. The second-order valence-electron chi connectivity index (χ2n) is 6.93. The van der Waals surface area contributed by atoms with Gasteiger partial charge in [0.2, 0.25) is 29.4 Å². The summed E-state index contributed by atoms with van der Waals surface area (Å²) < 4.78 is 11.2. The molecule has 4 aromatic rings. The number of anilines is 4. The Balaban J connectivity index is 1.29. The van der Waals surface area contributed by atoms with Crippen molar-refractivity contribution < 1.29 is 9.26 Å². The molecule has 0 aliphatic carbocycles. The van der Waals surface area contributed by atoms with Crippen LogP contribution in [0.4, 0.5) is 23.6 Å². The van der Waals surface area contributed by atoms with Crippen LogP contribution >= 0.6 is 0 Å².